The summed E-state index contributed by atoms with van der Waals surface area (Å²) in [4.78, 5) is 1.29. The molecule has 2 aliphatic heterocycles. The van der Waals surface area contributed by atoms with Gasteiger partial charge in [0.1, 0.15) is 11.7 Å². The van der Waals surface area contributed by atoms with E-state index in [0.717, 1.165) is 17.6 Å². The summed E-state index contributed by atoms with van der Waals surface area (Å²) < 4.78 is 5.55. The van der Waals surface area contributed by atoms with Gasteiger partial charge in [0.05, 0.1) is 4.90 Å². The average Bonchev–Trinajstić information content (AvgIpc) is 2.87. The molecule has 0 aromatic heterocycles. The fraction of sp³-hybridized carbons (Fsp3) is 0.500. The Morgan fingerprint density at radius 1 is 1.47 bits per heavy atom. The summed E-state index contributed by atoms with van der Waals surface area (Å²) in [5.41, 5.74) is 1.42. The molecule has 0 saturated carbocycles. The maximum atomic E-state index is 5.55. The molecule has 0 amide bonds. The molecule has 1 saturated heterocycles. The van der Waals surface area contributed by atoms with E-state index in [4.69, 9.17) is 4.74 Å². The van der Waals surface area contributed by atoms with Crippen LogP contribution in [0.3, 0.4) is 0 Å². The highest BCUT2D eigenvalue weighted by atomic mass is 32.2. The summed E-state index contributed by atoms with van der Waals surface area (Å²) in [5, 5.41) is 3.41. The molecule has 15 heavy (non-hydrogen) atoms. The second-order valence-corrected chi connectivity index (χ2v) is 5.21. The molecule has 1 fully saturated rings. The van der Waals surface area contributed by atoms with Crippen LogP contribution in [0.1, 0.15) is 12.0 Å². The number of benzene rings is 1. The Morgan fingerprint density at radius 3 is 3.33 bits per heavy atom. The predicted molar refractivity (Wildman–Crippen MR) is 62.5 cm³/mol. The van der Waals surface area contributed by atoms with E-state index in [1.54, 1.807) is 11.8 Å². The highest BCUT2D eigenvalue weighted by molar-refractivity contribution is 7.99. The van der Waals surface area contributed by atoms with Gasteiger partial charge in [-0.05, 0) is 49.5 Å². The zero-order valence-electron chi connectivity index (χ0n) is 8.66. The molecule has 2 heterocycles. The number of hydrogen-bond donors (Lipinski definition) is 1. The van der Waals surface area contributed by atoms with Gasteiger partial charge < -0.3 is 10.1 Å². The van der Waals surface area contributed by atoms with Gasteiger partial charge in [0.15, 0.2) is 0 Å². The van der Waals surface area contributed by atoms with Crippen molar-refractivity contribution in [2.45, 2.75) is 17.7 Å². The Balaban J connectivity index is 1.75. The summed E-state index contributed by atoms with van der Waals surface area (Å²) in [6.45, 7) is 2.36. The molecule has 1 aromatic rings. The van der Waals surface area contributed by atoms with Crippen LogP contribution >= 0.6 is 11.8 Å². The van der Waals surface area contributed by atoms with Crippen molar-refractivity contribution < 1.29 is 4.74 Å². The summed E-state index contributed by atoms with van der Waals surface area (Å²) in [7, 11) is 0. The van der Waals surface area contributed by atoms with E-state index in [1.165, 1.54) is 36.4 Å². The molecule has 80 valence electrons. The molecule has 0 radical (unpaired) electrons. The molecule has 0 spiro atoms. The van der Waals surface area contributed by atoms with Crippen LogP contribution in [0, 0.1) is 5.92 Å². The smallest absolute Gasteiger partial charge is 0.138 e. The van der Waals surface area contributed by atoms with Crippen molar-refractivity contribution in [3.05, 3.63) is 23.8 Å². The minimum Gasteiger partial charge on any atom is -0.481 e. The van der Waals surface area contributed by atoms with Crippen LogP contribution in [-0.4, -0.2) is 19.0 Å². The molecule has 3 rings (SSSR count). The minimum atomic E-state index is 0.782. The molecule has 2 aliphatic rings. The Hall–Kier alpha value is -0.670. The van der Waals surface area contributed by atoms with Crippen molar-refractivity contribution in [2.75, 3.05) is 19.0 Å². The predicted octanol–water partition coefficient (Wildman–Crippen LogP) is 2.28. The Bertz CT molecular complexity index is 361. The highest BCUT2D eigenvalue weighted by Crippen LogP contribution is 2.37. The Kier molecular flexibility index (Phi) is 2.59. The second kappa shape index (κ2) is 4.06. The number of nitrogens with one attached hydrogen (secondary N) is 1. The Morgan fingerprint density at radius 2 is 2.47 bits per heavy atom. The maximum absolute atomic E-state index is 5.55. The number of ether oxygens (including phenoxy) is 1. The van der Waals surface area contributed by atoms with Crippen molar-refractivity contribution in [1.29, 1.82) is 0 Å². The number of thioether (sulfide) groups is 1. The normalized spacial score (nSPS) is 23.9. The van der Waals surface area contributed by atoms with Gasteiger partial charge in [0, 0.05) is 0 Å². The maximum Gasteiger partial charge on any atom is 0.138 e. The highest BCUT2D eigenvalue weighted by Gasteiger charge is 2.17. The molecule has 0 bridgehead atoms. The number of rotatable bonds is 2. The van der Waals surface area contributed by atoms with Crippen LogP contribution in [0.15, 0.2) is 23.1 Å². The lowest BCUT2D eigenvalue weighted by Crippen LogP contribution is -2.10. The average molecular weight is 221 g/mol. The van der Waals surface area contributed by atoms with Gasteiger partial charge in [-0.3, -0.25) is 0 Å². The third kappa shape index (κ3) is 1.99. The van der Waals surface area contributed by atoms with Gasteiger partial charge in [-0.15, -0.1) is 0 Å². The van der Waals surface area contributed by atoms with Gasteiger partial charge in [-0.25, -0.2) is 0 Å². The van der Waals surface area contributed by atoms with Gasteiger partial charge in [0.2, 0.25) is 0 Å². The standard InChI is InChI=1S/C12H15NOS/c1-2-12-11(14-8-15-12)6-9(1)5-10-3-4-13-7-10/h1-2,6,10,13H,3-5,7-8H2. The van der Waals surface area contributed by atoms with Crippen LogP contribution < -0.4 is 10.1 Å². The van der Waals surface area contributed by atoms with Crippen molar-refractivity contribution in [3.8, 4) is 5.75 Å². The first kappa shape index (κ1) is 9.55. The summed E-state index contributed by atoms with van der Waals surface area (Å²) >= 11 is 1.78. The molecule has 1 unspecified atom stereocenters. The van der Waals surface area contributed by atoms with E-state index >= 15 is 0 Å². The van der Waals surface area contributed by atoms with Crippen molar-refractivity contribution >= 4 is 11.8 Å². The summed E-state index contributed by atoms with van der Waals surface area (Å²) in [6.07, 6.45) is 2.50. The zero-order chi connectivity index (χ0) is 10.1. The first-order valence-corrected chi connectivity index (χ1v) is 6.49. The molecule has 1 aromatic carbocycles. The first-order valence-electron chi connectivity index (χ1n) is 5.51. The summed E-state index contributed by atoms with van der Waals surface area (Å²) in [5.74, 6) is 2.68. The quantitative estimate of drug-likeness (QED) is 0.828. The summed E-state index contributed by atoms with van der Waals surface area (Å²) in [6, 6.07) is 6.66. The minimum absolute atomic E-state index is 0.782. The topological polar surface area (TPSA) is 21.3 Å². The SMILES string of the molecule is c1cc2c(cc1CC1CCNC1)OCS2. The zero-order valence-corrected chi connectivity index (χ0v) is 9.48. The van der Waals surface area contributed by atoms with Crippen molar-refractivity contribution in [1.82, 2.24) is 5.32 Å². The van der Waals surface area contributed by atoms with Gasteiger partial charge in [-0.2, -0.15) is 0 Å². The molecule has 0 aliphatic carbocycles. The van der Waals surface area contributed by atoms with E-state index in [0.29, 0.717) is 0 Å². The molecular weight excluding hydrogens is 206 g/mol. The first-order chi connectivity index (χ1) is 7.42. The van der Waals surface area contributed by atoms with Crippen LogP contribution in [0.4, 0.5) is 0 Å². The fourth-order valence-corrected chi connectivity index (χ4v) is 3.03. The van der Waals surface area contributed by atoms with E-state index in [2.05, 4.69) is 23.5 Å². The lowest BCUT2D eigenvalue weighted by molar-refractivity contribution is 0.396. The van der Waals surface area contributed by atoms with Gasteiger partial charge >= 0.3 is 0 Å². The largest absolute Gasteiger partial charge is 0.481 e. The van der Waals surface area contributed by atoms with Gasteiger partial charge in [-0.1, -0.05) is 17.8 Å². The molecule has 1 N–H and O–H groups in total. The third-order valence-electron chi connectivity index (χ3n) is 3.12. The van der Waals surface area contributed by atoms with E-state index in [9.17, 15) is 0 Å². The van der Waals surface area contributed by atoms with Crippen molar-refractivity contribution in [3.63, 3.8) is 0 Å². The van der Waals surface area contributed by atoms with E-state index < -0.39 is 0 Å². The fourth-order valence-electron chi connectivity index (χ4n) is 2.29. The lowest BCUT2D eigenvalue weighted by Gasteiger charge is -2.08. The molecular formula is C12H15NOS. The van der Waals surface area contributed by atoms with Crippen molar-refractivity contribution in [2.24, 2.45) is 5.92 Å². The number of fused-ring (bicyclic) bond motifs is 1. The number of hydrogen-bond acceptors (Lipinski definition) is 3. The van der Waals surface area contributed by atoms with E-state index in [1.807, 2.05) is 0 Å². The van der Waals surface area contributed by atoms with E-state index in [-0.39, 0.29) is 0 Å². The third-order valence-corrected chi connectivity index (χ3v) is 4.01. The van der Waals surface area contributed by atoms with Gasteiger partial charge in [0.25, 0.3) is 0 Å². The molecule has 3 heteroatoms. The second-order valence-electron chi connectivity index (χ2n) is 4.25. The van der Waals surface area contributed by atoms with Crippen LogP contribution in [0.2, 0.25) is 0 Å². The lowest BCUT2D eigenvalue weighted by atomic mass is 9.99. The van der Waals surface area contributed by atoms with Crippen LogP contribution in [-0.2, 0) is 6.42 Å². The molecule has 1 atom stereocenters. The van der Waals surface area contributed by atoms with Crippen LogP contribution in [0.25, 0.3) is 0 Å². The van der Waals surface area contributed by atoms with Crippen LogP contribution in [0.5, 0.6) is 5.75 Å². The Labute approximate surface area is 94.4 Å². The molecule has 2 nitrogen and oxygen atoms in total. The monoisotopic (exact) mass is 221 g/mol.